The summed E-state index contributed by atoms with van der Waals surface area (Å²) in [6.07, 6.45) is 7.24. The minimum atomic E-state index is 0.00423. The van der Waals surface area contributed by atoms with Crippen LogP contribution in [0.4, 0.5) is 0 Å². The first-order chi connectivity index (χ1) is 8.63. The van der Waals surface area contributed by atoms with Gasteiger partial charge in [0.05, 0.1) is 6.10 Å². The van der Waals surface area contributed by atoms with Crippen molar-refractivity contribution in [3.05, 3.63) is 0 Å². The number of nitrogens with one attached hydrogen (secondary N) is 1. The molecule has 1 aliphatic carbocycles. The highest BCUT2D eigenvalue weighted by atomic mass is 16.7. The molecule has 18 heavy (non-hydrogen) atoms. The molecule has 1 unspecified atom stereocenters. The van der Waals surface area contributed by atoms with Crippen LogP contribution >= 0.6 is 0 Å². The minimum Gasteiger partial charge on any atom is -0.330 e. The number of carbonyl (C=O) groups is 1. The van der Waals surface area contributed by atoms with Crippen LogP contribution in [0.5, 0.6) is 0 Å². The lowest BCUT2D eigenvalue weighted by Crippen LogP contribution is -2.29. The lowest BCUT2D eigenvalue weighted by molar-refractivity contribution is -0.138. The first-order valence-electron chi connectivity index (χ1n) is 7.28. The maximum Gasteiger partial charge on any atom is 0.243 e. The third-order valence-corrected chi connectivity index (χ3v) is 3.86. The Balaban J connectivity index is 2.14. The molecule has 1 rings (SSSR count). The van der Waals surface area contributed by atoms with E-state index in [9.17, 15) is 4.79 Å². The number of hydrogen-bond donors (Lipinski definition) is 2. The quantitative estimate of drug-likeness (QED) is 0.655. The van der Waals surface area contributed by atoms with Gasteiger partial charge in [0, 0.05) is 6.42 Å². The van der Waals surface area contributed by atoms with Crippen LogP contribution in [0.1, 0.15) is 58.8 Å². The Morgan fingerprint density at radius 2 is 2.00 bits per heavy atom. The molecule has 0 heterocycles. The van der Waals surface area contributed by atoms with E-state index in [2.05, 4.69) is 19.3 Å². The molecular formula is C14H28N2O2. The molecule has 4 nitrogen and oxygen atoms in total. The molecule has 0 bridgehead atoms. The maximum absolute atomic E-state index is 11.7. The smallest absolute Gasteiger partial charge is 0.243 e. The molecule has 0 saturated heterocycles. The summed E-state index contributed by atoms with van der Waals surface area (Å²) in [5.74, 6) is 1.12. The average molecular weight is 256 g/mol. The van der Waals surface area contributed by atoms with Gasteiger partial charge in [-0.05, 0) is 44.1 Å². The van der Waals surface area contributed by atoms with E-state index in [0.717, 1.165) is 25.7 Å². The normalized spacial score (nSPS) is 18.2. The van der Waals surface area contributed by atoms with Gasteiger partial charge in [0.2, 0.25) is 5.91 Å². The summed E-state index contributed by atoms with van der Waals surface area (Å²) in [6, 6.07) is 0. The van der Waals surface area contributed by atoms with Crippen molar-refractivity contribution in [2.75, 3.05) is 6.54 Å². The standard InChI is InChI=1S/C14H28N2O2/c1-11(2)12(9-10-15)7-8-14(17)16-18-13-5-3-4-6-13/h11-13H,3-10,15H2,1-2H3,(H,16,17). The van der Waals surface area contributed by atoms with Gasteiger partial charge >= 0.3 is 0 Å². The van der Waals surface area contributed by atoms with E-state index in [-0.39, 0.29) is 12.0 Å². The molecule has 0 aromatic carbocycles. The Labute approximate surface area is 111 Å². The van der Waals surface area contributed by atoms with Gasteiger partial charge in [-0.1, -0.05) is 26.7 Å². The van der Waals surface area contributed by atoms with E-state index in [4.69, 9.17) is 10.6 Å². The summed E-state index contributed by atoms with van der Waals surface area (Å²) < 4.78 is 0. The molecule has 0 spiro atoms. The number of hydroxylamine groups is 1. The number of nitrogens with two attached hydrogens (primary N) is 1. The lowest BCUT2D eigenvalue weighted by Gasteiger charge is -2.20. The number of carbonyl (C=O) groups excluding carboxylic acids is 1. The fourth-order valence-corrected chi connectivity index (χ4v) is 2.55. The molecule has 0 aromatic rings. The first kappa shape index (κ1) is 15.4. The Morgan fingerprint density at radius 3 is 2.56 bits per heavy atom. The van der Waals surface area contributed by atoms with Crippen molar-refractivity contribution in [2.45, 2.75) is 64.9 Å². The van der Waals surface area contributed by atoms with Gasteiger partial charge in [-0.15, -0.1) is 0 Å². The second-order valence-electron chi connectivity index (χ2n) is 5.67. The summed E-state index contributed by atoms with van der Waals surface area (Å²) in [5, 5.41) is 0. The van der Waals surface area contributed by atoms with Crippen molar-refractivity contribution in [3.63, 3.8) is 0 Å². The molecule has 106 valence electrons. The summed E-state index contributed by atoms with van der Waals surface area (Å²) in [4.78, 5) is 17.1. The Morgan fingerprint density at radius 1 is 1.33 bits per heavy atom. The third-order valence-electron chi connectivity index (χ3n) is 3.86. The summed E-state index contributed by atoms with van der Waals surface area (Å²) >= 11 is 0. The van der Waals surface area contributed by atoms with E-state index in [1.807, 2.05) is 0 Å². The minimum absolute atomic E-state index is 0.00423. The summed E-state index contributed by atoms with van der Waals surface area (Å²) in [6.45, 7) is 5.07. The van der Waals surface area contributed by atoms with Crippen LogP contribution in [0, 0.1) is 11.8 Å². The van der Waals surface area contributed by atoms with Crippen molar-refractivity contribution in [2.24, 2.45) is 17.6 Å². The fourth-order valence-electron chi connectivity index (χ4n) is 2.55. The predicted octanol–water partition coefficient (Wildman–Crippen LogP) is 2.38. The SMILES string of the molecule is CC(C)C(CCN)CCC(=O)NOC1CCCC1. The van der Waals surface area contributed by atoms with Crippen LogP contribution in [0.2, 0.25) is 0 Å². The molecule has 0 aliphatic heterocycles. The Hall–Kier alpha value is -0.610. The van der Waals surface area contributed by atoms with Gasteiger partial charge in [0.15, 0.2) is 0 Å². The zero-order valence-corrected chi connectivity index (χ0v) is 11.8. The molecule has 1 fully saturated rings. The van der Waals surface area contributed by atoms with Gasteiger partial charge in [-0.25, -0.2) is 5.48 Å². The van der Waals surface area contributed by atoms with Crippen LogP contribution in [0.15, 0.2) is 0 Å². The van der Waals surface area contributed by atoms with Crippen molar-refractivity contribution in [1.82, 2.24) is 5.48 Å². The molecule has 0 radical (unpaired) electrons. The fraction of sp³-hybridized carbons (Fsp3) is 0.929. The van der Waals surface area contributed by atoms with E-state index in [1.54, 1.807) is 0 Å². The van der Waals surface area contributed by atoms with E-state index >= 15 is 0 Å². The van der Waals surface area contributed by atoms with Gasteiger partial charge in [0.1, 0.15) is 0 Å². The van der Waals surface area contributed by atoms with E-state index < -0.39 is 0 Å². The van der Waals surface area contributed by atoms with Crippen LogP contribution in [-0.2, 0) is 9.63 Å². The third kappa shape index (κ3) is 5.83. The zero-order valence-electron chi connectivity index (χ0n) is 11.8. The van der Waals surface area contributed by atoms with Crippen molar-refractivity contribution in [3.8, 4) is 0 Å². The van der Waals surface area contributed by atoms with Crippen LogP contribution in [0.3, 0.4) is 0 Å². The second kappa shape index (κ2) is 8.48. The van der Waals surface area contributed by atoms with Gasteiger partial charge in [-0.3, -0.25) is 9.63 Å². The largest absolute Gasteiger partial charge is 0.330 e. The van der Waals surface area contributed by atoms with Crippen molar-refractivity contribution in [1.29, 1.82) is 0 Å². The van der Waals surface area contributed by atoms with Crippen LogP contribution in [0.25, 0.3) is 0 Å². The van der Waals surface area contributed by atoms with Gasteiger partial charge in [0.25, 0.3) is 0 Å². The molecule has 4 heteroatoms. The van der Waals surface area contributed by atoms with Crippen LogP contribution in [-0.4, -0.2) is 18.6 Å². The summed E-state index contributed by atoms with van der Waals surface area (Å²) in [7, 11) is 0. The van der Waals surface area contributed by atoms with E-state index in [0.29, 0.717) is 24.8 Å². The molecule has 1 aliphatic rings. The highest BCUT2D eigenvalue weighted by Gasteiger charge is 2.18. The Bertz CT molecular complexity index is 238. The molecule has 1 amide bonds. The highest BCUT2D eigenvalue weighted by molar-refractivity contribution is 5.74. The summed E-state index contributed by atoms with van der Waals surface area (Å²) in [5.41, 5.74) is 8.18. The number of hydrogen-bond acceptors (Lipinski definition) is 3. The molecule has 0 aromatic heterocycles. The van der Waals surface area contributed by atoms with Crippen LogP contribution < -0.4 is 11.2 Å². The maximum atomic E-state index is 11.7. The molecule has 3 N–H and O–H groups in total. The molecule has 1 saturated carbocycles. The zero-order chi connectivity index (χ0) is 13.4. The first-order valence-corrected chi connectivity index (χ1v) is 7.28. The van der Waals surface area contributed by atoms with Gasteiger partial charge < -0.3 is 5.73 Å². The number of amides is 1. The van der Waals surface area contributed by atoms with Crippen molar-refractivity contribution < 1.29 is 9.63 Å². The van der Waals surface area contributed by atoms with Crippen molar-refractivity contribution >= 4 is 5.91 Å². The Kier molecular flexibility index (Phi) is 7.28. The molecular weight excluding hydrogens is 228 g/mol. The van der Waals surface area contributed by atoms with E-state index in [1.165, 1.54) is 12.8 Å². The highest BCUT2D eigenvalue weighted by Crippen LogP contribution is 2.21. The number of rotatable bonds is 8. The average Bonchev–Trinajstić information content (AvgIpc) is 2.84. The second-order valence-corrected chi connectivity index (χ2v) is 5.67. The molecule has 1 atom stereocenters. The topological polar surface area (TPSA) is 64.4 Å². The lowest BCUT2D eigenvalue weighted by atomic mass is 9.88. The van der Waals surface area contributed by atoms with Gasteiger partial charge in [-0.2, -0.15) is 0 Å². The monoisotopic (exact) mass is 256 g/mol. The predicted molar refractivity (Wildman–Crippen MR) is 72.7 cm³/mol.